The van der Waals surface area contributed by atoms with Crippen LogP contribution in [0.3, 0.4) is 0 Å². The van der Waals surface area contributed by atoms with Gasteiger partial charge in [-0.2, -0.15) is 0 Å². The van der Waals surface area contributed by atoms with E-state index < -0.39 is 0 Å². The van der Waals surface area contributed by atoms with Crippen molar-refractivity contribution in [2.75, 3.05) is 33.9 Å². The van der Waals surface area contributed by atoms with Gasteiger partial charge in [-0.25, -0.2) is 0 Å². The number of hydrogen-bond donors (Lipinski definition) is 0. The molecule has 0 aliphatic carbocycles. The van der Waals surface area contributed by atoms with E-state index in [4.69, 9.17) is 9.47 Å². The molecule has 0 spiro atoms. The smallest absolute Gasteiger partial charge is 0.226 e. The Morgan fingerprint density at radius 1 is 0.875 bits per heavy atom. The first kappa shape index (κ1) is 22.2. The fourth-order valence-electron chi connectivity index (χ4n) is 4.85. The van der Waals surface area contributed by atoms with Crippen molar-refractivity contribution >= 4 is 11.8 Å². The molecule has 2 fully saturated rings. The van der Waals surface area contributed by atoms with E-state index in [1.807, 2.05) is 58.3 Å². The van der Waals surface area contributed by atoms with Gasteiger partial charge in [0.1, 0.15) is 11.5 Å². The van der Waals surface area contributed by atoms with E-state index in [1.165, 1.54) is 0 Å². The van der Waals surface area contributed by atoms with Crippen LogP contribution >= 0.6 is 0 Å². The van der Waals surface area contributed by atoms with Crippen LogP contribution in [0.15, 0.2) is 48.5 Å². The van der Waals surface area contributed by atoms with Crippen LogP contribution in [0.4, 0.5) is 0 Å². The lowest BCUT2D eigenvalue weighted by Crippen LogP contribution is -2.44. The average Bonchev–Trinajstić information content (AvgIpc) is 2.98. The van der Waals surface area contributed by atoms with Gasteiger partial charge in [0.15, 0.2) is 0 Å². The summed E-state index contributed by atoms with van der Waals surface area (Å²) in [5, 5.41) is 0. The van der Waals surface area contributed by atoms with Crippen molar-refractivity contribution in [1.82, 2.24) is 9.80 Å². The van der Waals surface area contributed by atoms with Crippen LogP contribution in [0.2, 0.25) is 0 Å². The van der Waals surface area contributed by atoms with Crippen molar-refractivity contribution in [1.29, 1.82) is 0 Å². The predicted octanol–water partition coefficient (Wildman–Crippen LogP) is 3.53. The molecular formula is C26H32N2O4. The molecule has 2 aromatic rings. The third-order valence-electron chi connectivity index (χ3n) is 6.85. The molecule has 2 saturated heterocycles. The summed E-state index contributed by atoms with van der Waals surface area (Å²) in [6, 6.07) is 15.6. The van der Waals surface area contributed by atoms with E-state index in [0.717, 1.165) is 55.1 Å². The Morgan fingerprint density at radius 2 is 1.47 bits per heavy atom. The van der Waals surface area contributed by atoms with Crippen molar-refractivity contribution in [2.24, 2.45) is 11.8 Å². The number of amides is 2. The Bertz CT molecular complexity index is 926. The van der Waals surface area contributed by atoms with Crippen molar-refractivity contribution in [3.8, 4) is 11.5 Å². The molecule has 2 amide bonds. The Morgan fingerprint density at radius 3 is 2.09 bits per heavy atom. The number of hydrogen-bond acceptors (Lipinski definition) is 4. The number of methoxy groups -OCH3 is 2. The third kappa shape index (κ3) is 5.23. The van der Waals surface area contributed by atoms with Crippen molar-refractivity contribution in [2.45, 2.75) is 32.2 Å². The van der Waals surface area contributed by atoms with Gasteiger partial charge in [-0.3, -0.25) is 9.59 Å². The fourth-order valence-corrected chi connectivity index (χ4v) is 4.85. The zero-order valence-corrected chi connectivity index (χ0v) is 19.0. The quantitative estimate of drug-likeness (QED) is 0.695. The molecule has 0 saturated carbocycles. The highest BCUT2D eigenvalue weighted by Gasteiger charge is 2.36. The van der Waals surface area contributed by atoms with Crippen LogP contribution in [-0.2, 0) is 22.6 Å². The normalized spacial score (nSPS) is 21.0. The summed E-state index contributed by atoms with van der Waals surface area (Å²) in [5.74, 6) is 2.76. The van der Waals surface area contributed by atoms with Gasteiger partial charge in [-0.05, 0) is 60.1 Å². The number of benzene rings is 2. The molecule has 0 aromatic heterocycles. The van der Waals surface area contributed by atoms with Crippen LogP contribution < -0.4 is 9.47 Å². The molecule has 2 atom stereocenters. The monoisotopic (exact) mass is 436 g/mol. The molecular weight excluding hydrogens is 404 g/mol. The predicted molar refractivity (Wildman–Crippen MR) is 123 cm³/mol. The summed E-state index contributed by atoms with van der Waals surface area (Å²) in [6.07, 6.45) is 2.84. The van der Waals surface area contributed by atoms with Gasteiger partial charge < -0.3 is 19.3 Å². The van der Waals surface area contributed by atoms with Crippen LogP contribution in [0.25, 0.3) is 0 Å². The van der Waals surface area contributed by atoms with E-state index in [9.17, 15) is 9.59 Å². The second kappa shape index (κ2) is 10.1. The molecule has 6 nitrogen and oxygen atoms in total. The zero-order chi connectivity index (χ0) is 22.5. The van der Waals surface area contributed by atoms with Crippen LogP contribution in [-0.4, -0.2) is 55.5 Å². The van der Waals surface area contributed by atoms with Gasteiger partial charge >= 0.3 is 0 Å². The molecule has 170 valence electrons. The maximum atomic E-state index is 12.9. The second-order valence-electron chi connectivity index (χ2n) is 8.83. The van der Waals surface area contributed by atoms with Gasteiger partial charge in [-0.15, -0.1) is 0 Å². The number of carbonyl (C=O) groups excluding carboxylic acids is 2. The molecule has 2 aromatic carbocycles. The number of rotatable bonds is 6. The molecule has 0 bridgehead atoms. The van der Waals surface area contributed by atoms with Crippen LogP contribution in [0.1, 0.15) is 30.4 Å². The minimum atomic E-state index is 0.166. The molecule has 0 N–H and O–H groups in total. The first-order chi connectivity index (χ1) is 15.6. The Hall–Kier alpha value is -3.02. The highest BCUT2D eigenvalue weighted by atomic mass is 16.5. The third-order valence-corrected chi connectivity index (χ3v) is 6.85. The lowest BCUT2D eigenvalue weighted by molar-refractivity contribution is -0.133. The molecule has 32 heavy (non-hydrogen) atoms. The Labute approximate surface area is 190 Å². The zero-order valence-electron chi connectivity index (χ0n) is 19.0. The SMILES string of the molecule is COc1ccc(CC(=O)N2CC[C@H]3CC(=O)N(Cc4ccc(OC)cc4)CC[C@H]3C2)cc1. The average molecular weight is 437 g/mol. The summed E-state index contributed by atoms with van der Waals surface area (Å²) in [6.45, 7) is 2.86. The van der Waals surface area contributed by atoms with Gasteiger partial charge in [-0.1, -0.05) is 24.3 Å². The second-order valence-corrected chi connectivity index (χ2v) is 8.83. The van der Waals surface area contributed by atoms with Crippen molar-refractivity contribution in [3.05, 3.63) is 59.7 Å². The molecule has 2 aliphatic heterocycles. The molecule has 2 heterocycles. The standard InChI is InChI=1S/C26H32N2O4/c1-31-23-7-3-19(4-8-23)15-25(29)28-13-11-21-16-26(30)27(14-12-22(21)18-28)17-20-5-9-24(32-2)10-6-20/h3-10,21-22H,11-18H2,1-2H3/t21-,22-/m0/s1. The fraction of sp³-hybridized carbons (Fsp3) is 0.462. The van der Waals surface area contributed by atoms with E-state index in [1.54, 1.807) is 14.2 Å². The molecule has 2 aliphatic rings. The largest absolute Gasteiger partial charge is 0.497 e. The first-order valence-corrected chi connectivity index (χ1v) is 11.4. The molecule has 0 unspecified atom stereocenters. The summed E-state index contributed by atoms with van der Waals surface area (Å²) in [5.41, 5.74) is 2.11. The van der Waals surface area contributed by atoms with E-state index in [0.29, 0.717) is 31.2 Å². The number of piperidine rings is 1. The first-order valence-electron chi connectivity index (χ1n) is 11.4. The number of fused-ring (bicyclic) bond motifs is 1. The lowest BCUT2D eigenvalue weighted by Gasteiger charge is -2.37. The van der Waals surface area contributed by atoms with Gasteiger partial charge in [0.25, 0.3) is 0 Å². The van der Waals surface area contributed by atoms with Crippen molar-refractivity contribution < 1.29 is 19.1 Å². The maximum Gasteiger partial charge on any atom is 0.226 e. The summed E-state index contributed by atoms with van der Waals surface area (Å²) in [4.78, 5) is 29.8. The molecule has 4 rings (SSSR count). The summed E-state index contributed by atoms with van der Waals surface area (Å²) < 4.78 is 10.4. The van der Waals surface area contributed by atoms with Gasteiger partial charge in [0.2, 0.25) is 11.8 Å². The number of carbonyl (C=O) groups is 2. The molecule has 0 radical (unpaired) electrons. The van der Waals surface area contributed by atoms with E-state index in [2.05, 4.69) is 0 Å². The highest BCUT2D eigenvalue weighted by Crippen LogP contribution is 2.33. The number of nitrogens with zero attached hydrogens (tertiary/aromatic N) is 2. The van der Waals surface area contributed by atoms with Crippen molar-refractivity contribution in [3.63, 3.8) is 0 Å². The van der Waals surface area contributed by atoms with Gasteiger partial charge in [0.05, 0.1) is 20.6 Å². The van der Waals surface area contributed by atoms with E-state index in [-0.39, 0.29) is 11.8 Å². The molecule has 6 heteroatoms. The number of ether oxygens (including phenoxy) is 2. The topological polar surface area (TPSA) is 59.1 Å². The highest BCUT2D eigenvalue weighted by molar-refractivity contribution is 5.79. The Kier molecular flexibility index (Phi) is 6.98. The summed E-state index contributed by atoms with van der Waals surface area (Å²) in [7, 11) is 3.29. The van der Waals surface area contributed by atoms with E-state index >= 15 is 0 Å². The maximum absolute atomic E-state index is 12.9. The lowest BCUT2D eigenvalue weighted by atomic mass is 9.82. The number of likely N-dealkylation sites (tertiary alicyclic amines) is 2. The van der Waals surface area contributed by atoms with Crippen LogP contribution in [0, 0.1) is 11.8 Å². The minimum Gasteiger partial charge on any atom is -0.497 e. The van der Waals surface area contributed by atoms with Gasteiger partial charge in [0, 0.05) is 32.6 Å². The summed E-state index contributed by atoms with van der Waals surface area (Å²) >= 11 is 0. The Balaban J connectivity index is 1.34. The van der Waals surface area contributed by atoms with Crippen LogP contribution in [0.5, 0.6) is 11.5 Å². The minimum absolute atomic E-state index is 0.166.